The molecule has 70 valence electrons. The van der Waals surface area contributed by atoms with Gasteiger partial charge in [0, 0.05) is 27.5 Å². The molecule has 1 aromatic rings. The molecule has 1 aliphatic rings. The Kier molecular flexibility index (Phi) is 2.56. The minimum Gasteiger partial charge on any atom is -0.385 e. The molecule has 0 radical (unpaired) electrons. The smallest absolute Gasteiger partial charge is 0.0395 e. The summed E-state index contributed by atoms with van der Waals surface area (Å²) in [4.78, 5) is 0. The van der Waals surface area contributed by atoms with Crippen molar-refractivity contribution >= 4 is 34.2 Å². The van der Waals surface area contributed by atoms with Crippen LogP contribution in [0.15, 0.2) is 16.6 Å². The zero-order valence-corrected chi connectivity index (χ0v) is 9.95. The van der Waals surface area contributed by atoms with Gasteiger partial charge in [0.1, 0.15) is 0 Å². The topological polar surface area (TPSA) is 12.0 Å². The van der Waals surface area contributed by atoms with Crippen LogP contribution in [0.1, 0.15) is 22.8 Å². The molecule has 3 heteroatoms. The average molecular weight is 258 g/mol. The molecule has 0 spiro atoms. The third-order valence-corrected chi connectivity index (χ3v) is 4.01. The third-order valence-electron chi connectivity index (χ3n) is 2.44. The quantitative estimate of drug-likeness (QED) is 0.678. The lowest BCUT2D eigenvalue weighted by Crippen LogP contribution is -2.14. The zero-order valence-electron chi connectivity index (χ0n) is 7.47. The molecule has 0 aromatic heterocycles. The van der Waals surface area contributed by atoms with Crippen LogP contribution in [0.2, 0.25) is 0 Å². The zero-order chi connectivity index (χ0) is 9.42. The highest BCUT2D eigenvalue weighted by Gasteiger charge is 2.19. The van der Waals surface area contributed by atoms with Gasteiger partial charge in [-0.05, 0) is 25.0 Å². The predicted octanol–water partition coefficient (Wildman–Crippen LogP) is 3.54. The van der Waals surface area contributed by atoms with Crippen molar-refractivity contribution in [3.05, 3.63) is 27.7 Å². The third kappa shape index (κ3) is 1.59. The molecule has 1 N–H and O–H groups in total. The fraction of sp³-hybridized carbons (Fsp3) is 0.400. The molecule has 0 saturated heterocycles. The van der Waals surface area contributed by atoms with E-state index in [1.807, 2.05) is 0 Å². The highest BCUT2D eigenvalue weighted by Crippen LogP contribution is 2.40. The number of anilines is 1. The first kappa shape index (κ1) is 9.41. The molecule has 1 aliphatic heterocycles. The number of rotatable bonds is 0. The van der Waals surface area contributed by atoms with Crippen LogP contribution < -0.4 is 5.32 Å². The summed E-state index contributed by atoms with van der Waals surface area (Å²) in [5.74, 6) is 0. The molecule has 0 bridgehead atoms. The minimum atomic E-state index is 0.366. The number of halogens is 1. The number of aryl methyl sites for hydroxylation is 1. The lowest BCUT2D eigenvalue weighted by atomic mass is 10.0. The monoisotopic (exact) mass is 257 g/mol. The second-order valence-electron chi connectivity index (χ2n) is 3.39. The molecule has 13 heavy (non-hydrogen) atoms. The van der Waals surface area contributed by atoms with E-state index in [0.717, 1.165) is 13.0 Å². The standard InChI is InChI=1S/C10H12BrNS/c1-6-2-3-7-9(10(6)11)8(13)4-5-12-7/h2-3,8,12-13H,4-5H2,1H3. The van der Waals surface area contributed by atoms with Crippen molar-refractivity contribution in [2.45, 2.75) is 18.6 Å². The molecule has 1 aromatic carbocycles. The van der Waals surface area contributed by atoms with E-state index in [9.17, 15) is 0 Å². The van der Waals surface area contributed by atoms with Crippen LogP contribution in [0.3, 0.4) is 0 Å². The van der Waals surface area contributed by atoms with Gasteiger partial charge in [-0.1, -0.05) is 22.0 Å². The van der Waals surface area contributed by atoms with Crippen LogP contribution in [0, 0.1) is 6.92 Å². The maximum Gasteiger partial charge on any atom is 0.0395 e. The van der Waals surface area contributed by atoms with E-state index in [1.165, 1.54) is 21.3 Å². The molecular formula is C10H12BrNS. The van der Waals surface area contributed by atoms with E-state index < -0.39 is 0 Å². The number of hydrogen-bond acceptors (Lipinski definition) is 2. The van der Waals surface area contributed by atoms with Crippen LogP contribution in [-0.4, -0.2) is 6.54 Å². The van der Waals surface area contributed by atoms with Gasteiger partial charge in [0.15, 0.2) is 0 Å². The molecule has 0 saturated carbocycles. The normalized spacial score (nSPS) is 20.7. The molecule has 0 amide bonds. The Morgan fingerprint density at radius 3 is 3.08 bits per heavy atom. The van der Waals surface area contributed by atoms with Gasteiger partial charge in [-0.3, -0.25) is 0 Å². The molecule has 1 atom stereocenters. The Hall–Kier alpha value is -0.150. The predicted molar refractivity (Wildman–Crippen MR) is 63.7 cm³/mol. The Bertz CT molecular complexity index is 338. The second-order valence-corrected chi connectivity index (χ2v) is 4.81. The molecule has 0 fully saturated rings. The Morgan fingerprint density at radius 2 is 2.31 bits per heavy atom. The van der Waals surface area contributed by atoms with Gasteiger partial charge in [0.05, 0.1) is 0 Å². The Balaban J connectivity index is 2.58. The van der Waals surface area contributed by atoms with E-state index in [0.29, 0.717) is 5.25 Å². The van der Waals surface area contributed by atoms with Crippen LogP contribution >= 0.6 is 28.6 Å². The summed E-state index contributed by atoms with van der Waals surface area (Å²) in [6.45, 7) is 3.14. The maximum atomic E-state index is 4.59. The van der Waals surface area contributed by atoms with Crippen molar-refractivity contribution in [1.29, 1.82) is 0 Å². The van der Waals surface area contributed by atoms with E-state index in [2.05, 4.69) is 52.9 Å². The first-order valence-electron chi connectivity index (χ1n) is 4.41. The lowest BCUT2D eigenvalue weighted by Gasteiger charge is -2.25. The number of hydrogen-bond donors (Lipinski definition) is 2. The molecule has 0 aliphatic carbocycles. The van der Waals surface area contributed by atoms with Crippen molar-refractivity contribution in [2.75, 3.05) is 11.9 Å². The van der Waals surface area contributed by atoms with Gasteiger partial charge >= 0.3 is 0 Å². The summed E-state index contributed by atoms with van der Waals surface area (Å²) < 4.78 is 1.21. The van der Waals surface area contributed by atoms with Crippen LogP contribution in [-0.2, 0) is 0 Å². The van der Waals surface area contributed by atoms with Crippen LogP contribution in [0.4, 0.5) is 5.69 Å². The average Bonchev–Trinajstić information content (AvgIpc) is 2.12. The van der Waals surface area contributed by atoms with Gasteiger partial charge in [-0.15, -0.1) is 0 Å². The number of nitrogens with one attached hydrogen (secondary N) is 1. The highest BCUT2D eigenvalue weighted by atomic mass is 79.9. The van der Waals surface area contributed by atoms with Gasteiger partial charge in [-0.25, -0.2) is 0 Å². The van der Waals surface area contributed by atoms with Gasteiger partial charge < -0.3 is 5.32 Å². The van der Waals surface area contributed by atoms with Crippen molar-refractivity contribution in [3.8, 4) is 0 Å². The summed E-state index contributed by atoms with van der Waals surface area (Å²) in [7, 11) is 0. The molecular weight excluding hydrogens is 246 g/mol. The lowest BCUT2D eigenvalue weighted by molar-refractivity contribution is 0.811. The summed E-state index contributed by atoms with van der Waals surface area (Å²) in [6, 6.07) is 4.26. The van der Waals surface area contributed by atoms with Crippen molar-refractivity contribution in [2.24, 2.45) is 0 Å². The fourth-order valence-corrected chi connectivity index (χ4v) is 2.87. The Labute approximate surface area is 92.5 Å². The molecule has 2 rings (SSSR count). The second kappa shape index (κ2) is 3.54. The van der Waals surface area contributed by atoms with E-state index >= 15 is 0 Å². The van der Waals surface area contributed by atoms with E-state index in [1.54, 1.807) is 0 Å². The number of fused-ring (bicyclic) bond motifs is 1. The van der Waals surface area contributed by atoms with Crippen molar-refractivity contribution in [1.82, 2.24) is 0 Å². The van der Waals surface area contributed by atoms with E-state index in [-0.39, 0.29) is 0 Å². The largest absolute Gasteiger partial charge is 0.385 e. The SMILES string of the molecule is Cc1ccc2c(c1Br)C(S)CCN2. The van der Waals surface area contributed by atoms with Gasteiger partial charge in [-0.2, -0.15) is 12.6 Å². The van der Waals surface area contributed by atoms with Crippen LogP contribution in [0.25, 0.3) is 0 Å². The first-order chi connectivity index (χ1) is 6.20. The summed E-state index contributed by atoms with van der Waals surface area (Å²) in [5, 5.41) is 3.75. The van der Waals surface area contributed by atoms with Crippen molar-refractivity contribution in [3.63, 3.8) is 0 Å². The van der Waals surface area contributed by atoms with E-state index in [4.69, 9.17) is 0 Å². The minimum absolute atomic E-state index is 0.366. The number of thiol groups is 1. The summed E-state index contributed by atoms with van der Waals surface area (Å²) in [6.07, 6.45) is 1.10. The van der Waals surface area contributed by atoms with Gasteiger partial charge in [0.2, 0.25) is 0 Å². The molecule has 1 unspecified atom stereocenters. The molecule has 1 nitrogen and oxygen atoms in total. The maximum absolute atomic E-state index is 4.59. The van der Waals surface area contributed by atoms with Gasteiger partial charge in [0.25, 0.3) is 0 Å². The summed E-state index contributed by atoms with van der Waals surface area (Å²) >= 11 is 8.20. The Morgan fingerprint density at radius 1 is 1.54 bits per heavy atom. The van der Waals surface area contributed by atoms with Crippen molar-refractivity contribution < 1.29 is 0 Å². The fourth-order valence-electron chi connectivity index (χ4n) is 1.67. The highest BCUT2D eigenvalue weighted by molar-refractivity contribution is 9.10. The summed E-state index contributed by atoms with van der Waals surface area (Å²) in [5.41, 5.74) is 3.82. The molecule has 1 heterocycles. The number of benzene rings is 1. The van der Waals surface area contributed by atoms with Crippen LogP contribution in [0.5, 0.6) is 0 Å². The first-order valence-corrected chi connectivity index (χ1v) is 5.72.